The molecule has 2 unspecified atom stereocenters. The number of hydrogen-bond donors (Lipinski definition) is 4. The maximum Gasteiger partial charge on any atom is 0.406 e. The quantitative estimate of drug-likeness (QED) is 0.194. The van der Waals surface area contributed by atoms with Gasteiger partial charge >= 0.3 is 6.18 Å². The van der Waals surface area contributed by atoms with E-state index in [0.717, 1.165) is 56.1 Å². The van der Waals surface area contributed by atoms with Gasteiger partial charge in [0, 0.05) is 42.2 Å². The lowest BCUT2D eigenvalue weighted by Gasteiger charge is -2.41. The molecule has 7 rings (SSSR count). The summed E-state index contributed by atoms with van der Waals surface area (Å²) < 4.78 is 52.1. The van der Waals surface area contributed by atoms with Crippen LogP contribution in [-0.4, -0.2) is 76.1 Å². The number of carbonyl (C=O) groups is 1. The summed E-state index contributed by atoms with van der Waals surface area (Å²) in [5.74, 6) is 6.32. The summed E-state index contributed by atoms with van der Waals surface area (Å²) >= 11 is 0. The lowest BCUT2D eigenvalue weighted by atomic mass is 9.95. The van der Waals surface area contributed by atoms with E-state index in [1.54, 1.807) is 36.4 Å². The lowest BCUT2D eigenvalue weighted by Crippen LogP contribution is -2.55. The van der Waals surface area contributed by atoms with E-state index in [9.17, 15) is 18.0 Å². The molecule has 3 aromatic rings. The van der Waals surface area contributed by atoms with Crippen molar-refractivity contribution in [3.63, 3.8) is 0 Å². The summed E-state index contributed by atoms with van der Waals surface area (Å²) in [4.78, 5) is 11.0. The Labute approximate surface area is 263 Å². The second-order valence-electron chi connectivity index (χ2n) is 11.5. The van der Waals surface area contributed by atoms with Crippen LogP contribution in [-0.2, 0) is 11.3 Å². The van der Waals surface area contributed by atoms with Crippen LogP contribution in [0.2, 0.25) is 0 Å². The monoisotopic (exact) mass is 627 g/mol. The van der Waals surface area contributed by atoms with Crippen molar-refractivity contribution in [2.45, 2.75) is 69.5 Å². The molecule has 0 spiro atoms. The molecule has 3 aliphatic heterocycles. The van der Waals surface area contributed by atoms with Gasteiger partial charge in [0.15, 0.2) is 0 Å². The molecule has 11 heteroatoms. The zero-order chi connectivity index (χ0) is 32.2. The average molecular weight is 628 g/mol. The minimum Gasteiger partial charge on any atom is -0.495 e. The van der Waals surface area contributed by atoms with Crippen molar-refractivity contribution < 1.29 is 27.4 Å². The number of nitrogens with zero attached hydrogens (tertiary/aromatic N) is 1. The Hall–Kier alpha value is -3.72. The molecule has 1 aromatic heterocycles. The third kappa shape index (κ3) is 9.88. The predicted molar refractivity (Wildman–Crippen MR) is 173 cm³/mol. The van der Waals surface area contributed by atoms with Crippen LogP contribution in [0.3, 0.4) is 0 Å². The number of piperidine rings is 1. The van der Waals surface area contributed by atoms with Crippen LogP contribution in [0, 0.1) is 11.8 Å². The van der Waals surface area contributed by atoms with E-state index in [1.807, 2.05) is 20.2 Å². The molecular weight excluding hydrogens is 583 g/mol. The van der Waals surface area contributed by atoms with Gasteiger partial charge in [-0.3, -0.25) is 4.79 Å². The Morgan fingerprint density at radius 3 is 2.36 bits per heavy atom. The first kappa shape index (κ1) is 34.2. The fraction of sp³-hybridized carbons (Fsp3) is 0.500. The smallest absolute Gasteiger partial charge is 0.406 e. The maximum absolute atomic E-state index is 13.4. The highest BCUT2D eigenvalue weighted by Gasteiger charge is 2.33. The number of morpholine rings is 1. The summed E-state index contributed by atoms with van der Waals surface area (Å²) in [7, 11) is 5.25. The molecule has 4 fully saturated rings. The molecule has 0 radical (unpaired) electrons. The molecule has 2 bridgehead atoms. The number of nitrogens with one attached hydrogen (secondary N) is 4. The van der Waals surface area contributed by atoms with Gasteiger partial charge in [0.1, 0.15) is 18.6 Å². The molecule has 8 nitrogen and oxygen atoms in total. The molecule has 4 aliphatic rings. The Balaban J connectivity index is 0.000000390. The van der Waals surface area contributed by atoms with Gasteiger partial charge in [-0.25, -0.2) is 0 Å². The van der Waals surface area contributed by atoms with Crippen molar-refractivity contribution in [1.82, 2.24) is 15.2 Å². The third-order valence-electron chi connectivity index (χ3n) is 7.85. The SMILES string of the molecule is C1NCC2CC1O2.CNC.COc1cc(C=O)ccc1NCC#Cc1cc2c(NC3CCCCC3)cccc2n1CC(F)(F)F. The number of rotatable bonds is 7. The average Bonchev–Trinajstić information content (AvgIpc) is 3.37. The van der Waals surface area contributed by atoms with Crippen LogP contribution in [0.15, 0.2) is 42.5 Å². The Kier molecular flexibility index (Phi) is 12.6. The van der Waals surface area contributed by atoms with Crippen LogP contribution in [0.5, 0.6) is 5.75 Å². The highest BCUT2D eigenvalue weighted by Crippen LogP contribution is 2.32. The molecule has 244 valence electrons. The number of halogens is 3. The van der Waals surface area contributed by atoms with Gasteiger partial charge in [-0.2, -0.15) is 13.2 Å². The van der Waals surface area contributed by atoms with E-state index in [4.69, 9.17) is 9.47 Å². The summed E-state index contributed by atoms with van der Waals surface area (Å²) in [6.45, 7) is 1.24. The Bertz CT molecular complexity index is 1440. The molecule has 45 heavy (non-hydrogen) atoms. The van der Waals surface area contributed by atoms with Crippen LogP contribution in [0.4, 0.5) is 24.5 Å². The summed E-state index contributed by atoms with van der Waals surface area (Å²) in [5.41, 5.74) is 2.78. The van der Waals surface area contributed by atoms with E-state index >= 15 is 0 Å². The minimum atomic E-state index is -4.37. The summed E-state index contributed by atoms with van der Waals surface area (Å²) in [5, 5.41) is 13.4. The second kappa shape index (κ2) is 16.5. The van der Waals surface area contributed by atoms with Gasteiger partial charge in [0.25, 0.3) is 0 Å². The van der Waals surface area contributed by atoms with Crippen molar-refractivity contribution in [1.29, 1.82) is 0 Å². The number of ether oxygens (including phenoxy) is 2. The fourth-order valence-corrected chi connectivity index (χ4v) is 5.75. The summed E-state index contributed by atoms with van der Waals surface area (Å²) in [6.07, 6.45) is 4.47. The molecule has 1 saturated carbocycles. The molecule has 1 aliphatic carbocycles. The van der Waals surface area contributed by atoms with Gasteiger partial charge in [-0.1, -0.05) is 31.2 Å². The topological polar surface area (TPSA) is 88.6 Å². The van der Waals surface area contributed by atoms with E-state index < -0.39 is 12.7 Å². The number of carbonyl (C=O) groups excluding carboxylic acids is 1. The maximum atomic E-state index is 13.4. The van der Waals surface area contributed by atoms with Gasteiger partial charge in [-0.15, -0.1) is 0 Å². The Morgan fingerprint density at radius 1 is 1.07 bits per heavy atom. The fourth-order valence-electron chi connectivity index (χ4n) is 5.75. The highest BCUT2D eigenvalue weighted by atomic mass is 19.4. The van der Waals surface area contributed by atoms with Crippen molar-refractivity contribution in [2.75, 3.05) is 51.5 Å². The molecular formula is C34H44F3N5O3. The van der Waals surface area contributed by atoms with E-state index in [2.05, 4.69) is 33.1 Å². The molecule has 3 saturated heterocycles. The molecule has 4 N–H and O–H groups in total. The van der Waals surface area contributed by atoms with Crippen LogP contribution >= 0.6 is 0 Å². The first-order valence-corrected chi connectivity index (χ1v) is 15.5. The number of alkyl halides is 3. The number of hydrogen-bond acceptors (Lipinski definition) is 7. The van der Waals surface area contributed by atoms with Gasteiger partial charge in [-0.05, 0) is 69.3 Å². The second-order valence-corrected chi connectivity index (χ2v) is 11.5. The number of fused-ring (bicyclic) bond motifs is 3. The van der Waals surface area contributed by atoms with Crippen molar-refractivity contribution in [3.8, 4) is 17.6 Å². The van der Waals surface area contributed by atoms with Crippen molar-refractivity contribution >= 4 is 28.6 Å². The standard InChI is InChI=1S/C27H28F3N3O2.C5H9NO.C2H7N/c1-35-26-15-19(17-34)12-13-24(26)31-14-6-9-21-16-22-23(32-20-7-3-2-4-8-20)10-5-11-25(22)33(21)18-27(28,29)30;1-4-2-6-3-5(1)7-4;1-3-2/h5,10-13,15-17,20,31-32H,2-4,7-8,14,18H2,1H3;4-6H,1-3H2;3H,1-2H3. The van der Waals surface area contributed by atoms with Crippen molar-refractivity contribution in [3.05, 3.63) is 53.7 Å². The Morgan fingerprint density at radius 2 is 1.78 bits per heavy atom. The molecule has 0 amide bonds. The normalized spacial score (nSPS) is 19.0. The largest absolute Gasteiger partial charge is 0.495 e. The highest BCUT2D eigenvalue weighted by molar-refractivity contribution is 5.94. The van der Waals surface area contributed by atoms with E-state index in [1.165, 1.54) is 24.5 Å². The van der Waals surface area contributed by atoms with Gasteiger partial charge in [0.2, 0.25) is 0 Å². The van der Waals surface area contributed by atoms with Crippen LogP contribution in [0.1, 0.15) is 54.6 Å². The number of aromatic nitrogens is 1. The third-order valence-corrected chi connectivity index (χ3v) is 7.85. The molecule has 2 atom stereocenters. The van der Waals surface area contributed by atoms with Crippen molar-refractivity contribution in [2.24, 2.45) is 0 Å². The zero-order valence-corrected chi connectivity index (χ0v) is 26.2. The van der Waals surface area contributed by atoms with E-state index in [-0.39, 0.29) is 6.54 Å². The zero-order valence-electron chi connectivity index (χ0n) is 26.2. The first-order valence-electron chi connectivity index (χ1n) is 15.5. The van der Waals surface area contributed by atoms with Gasteiger partial charge in [0.05, 0.1) is 42.8 Å². The minimum absolute atomic E-state index is 0.192. The molecule has 4 heterocycles. The lowest BCUT2D eigenvalue weighted by molar-refractivity contribution is -0.143. The number of benzene rings is 2. The molecule has 2 aromatic carbocycles. The first-order chi connectivity index (χ1) is 21.7. The van der Waals surface area contributed by atoms with E-state index in [0.29, 0.717) is 46.5 Å². The predicted octanol–water partition coefficient (Wildman–Crippen LogP) is 5.82. The number of methoxy groups -OCH3 is 1. The van der Waals surface area contributed by atoms with Crippen LogP contribution in [0.25, 0.3) is 10.9 Å². The van der Waals surface area contributed by atoms with Gasteiger partial charge < -0.3 is 35.3 Å². The summed E-state index contributed by atoms with van der Waals surface area (Å²) in [6, 6.07) is 12.4. The number of aldehydes is 1. The van der Waals surface area contributed by atoms with Crippen LogP contribution < -0.4 is 26.0 Å². The number of anilines is 2.